The molecule has 0 unspecified atom stereocenters. The summed E-state index contributed by atoms with van der Waals surface area (Å²) in [6.07, 6.45) is 0. The summed E-state index contributed by atoms with van der Waals surface area (Å²) < 4.78 is 15.8. The minimum absolute atomic E-state index is 0.0533. The van der Waals surface area contributed by atoms with Crippen LogP contribution in [0.2, 0.25) is 0 Å². The number of aromatic nitrogens is 3. The second-order valence-corrected chi connectivity index (χ2v) is 6.50. The van der Waals surface area contributed by atoms with E-state index in [0.717, 1.165) is 0 Å². The Hall–Kier alpha value is -4.67. The summed E-state index contributed by atoms with van der Waals surface area (Å²) in [4.78, 5) is 36.8. The molecule has 3 N–H and O–H groups in total. The number of fused-ring (bicyclic) bond motifs is 1. The van der Waals surface area contributed by atoms with E-state index in [4.69, 9.17) is 14.0 Å². The molecule has 0 aliphatic carbocycles. The monoisotopic (exact) mass is 435 g/mol. The first-order chi connectivity index (χ1) is 15.5. The average molecular weight is 435 g/mol. The number of benzene rings is 2. The third kappa shape index (κ3) is 3.86. The SMILES string of the molecule is COc1ccc(OC)c(-c2cc(C(=O)NNC(=O)c3n[nH]c(=O)c4ccccc34)no2)c1. The molecule has 0 atom stereocenters. The molecule has 2 aromatic heterocycles. The van der Waals surface area contributed by atoms with Crippen molar-refractivity contribution in [2.75, 3.05) is 14.2 Å². The van der Waals surface area contributed by atoms with Crippen molar-refractivity contribution >= 4 is 22.6 Å². The van der Waals surface area contributed by atoms with E-state index < -0.39 is 17.4 Å². The highest BCUT2D eigenvalue weighted by molar-refractivity contribution is 6.05. The summed E-state index contributed by atoms with van der Waals surface area (Å²) in [5.74, 6) is -0.104. The fraction of sp³-hybridized carbons (Fsp3) is 0.0952. The van der Waals surface area contributed by atoms with E-state index in [2.05, 4.69) is 26.2 Å². The molecule has 2 amide bonds. The fourth-order valence-corrected chi connectivity index (χ4v) is 3.04. The number of carbonyl (C=O) groups excluding carboxylic acids is 2. The highest BCUT2D eigenvalue weighted by Gasteiger charge is 2.19. The Kier molecular flexibility index (Phi) is 5.53. The minimum Gasteiger partial charge on any atom is -0.497 e. The largest absolute Gasteiger partial charge is 0.497 e. The number of nitrogens with zero attached hydrogens (tertiary/aromatic N) is 2. The van der Waals surface area contributed by atoms with Crippen LogP contribution in [-0.2, 0) is 0 Å². The van der Waals surface area contributed by atoms with Crippen molar-refractivity contribution < 1.29 is 23.6 Å². The molecule has 0 aliphatic heterocycles. The van der Waals surface area contributed by atoms with Gasteiger partial charge in [0.05, 0.1) is 25.2 Å². The molecule has 0 fully saturated rings. The standard InChI is InChI=1S/C21H17N5O6/c1-30-11-7-8-16(31-2)14(9-11)17-10-15(26-32-17)20(28)24-25-21(29)18-12-5-3-4-6-13(12)19(27)23-22-18/h3-10H,1-2H3,(H,23,27)(H,24,28)(H,25,29). The number of hydrazine groups is 1. The minimum atomic E-state index is -0.719. The zero-order valence-corrected chi connectivity index (χ0v) is 17.0. The van der Waals surface area contributed by atoms with Gasteiger partial charge in [-0.2, -0.15) is 5.10 Å². The molecule has 0 spiro atoms. The fourth-order valence-electron chi connectivity index (χ4n) is 3.04. The van der Waals surface area contributed by atoms with Gasteiger partial charge in [-0.1, -0.05) is 23.4 Å². The number of H-pyrrole nitrogens is 1. The molecule has 0 aliphatic rings. The van der Waals surface area contributed by atoms with Crippen LogP contribution in [0, 0.1) is 0 Å². The zero-order chi connectivity index (χ0) is 22.7. The number of aromatic amines is 1. The van der Waals surface area contributed by atoms with Crippen molar-refractivity contribution in [3.63, 3.8) is 0 Å². The highest BCUT2D eigenvalue weighted by Crippen LogP contribution is 2.33. The first-order valence-electron chi connectivity index (χ1n) is 9.29. The lowest BCUT2D eigenvalue weighted by atomic mass is 10.1. The van der Waals surface area contributed by atoms with E-state index in [1.165, 1.54) is 20.3 Å². The summed E-state index contributed by atoms with van der Waals surface area (Å²) in [6.45, 7) is 0. The molecular weight excluding hydrogens is 418 g/mol. The van der Waals surface area contributed by atoms with Gasteiger partial charge in [-0.05, 0) is 24.3 Å². The van der Waals surface area contributed by atoms with Crippen LogP contribution >= 0.6 is 0 Å². The third-order valence-corrected chi connectivity index (χ3v) is 4.62. The summed E-state index contributed by atoms with van der Waals surface area (Å²) in [7, 11) is 3.02. The number of hydrogen-bond donors (Lipinski definition) is 3. The van der Waals surface area contributed by atoms with Crippen molar-refractivity contribution in [1.82, 2.24) is 26.2 Å². The van der Waals surface area contributed by atoms with Crippen LogP contribution in [0.3, 0.4) is 0 Å². The third-order valence-electron chi connectivity index (χ3n) is 4.62. The quantitative estimate of drug-likeness (QED) is 0.401. The number of ether oxygens (including phenoxy) is 2. The van der Waals surface area contributed by atoms with Gasteiger partial charge in [0.2, 0.25) is 0 Å². The summed E-state index contributed by atoms with van der Waals surface area (Å²) >= 11 is 0. The van der Waals surface area contributed by atoms with Gasteiger partial charge in [-0.15, -0.1) is 0 Å². The maximum atomic E-state index is 12.5. The van der Waals surface area contributed by atoms with Crippen LogP contribution in [0.15, 0.2) is 57.8 Å². The number of hydrogen-bond acceptors (Lipinski definition) is 8. The van der Waals surface area contributed by atoms with Gasteiger partial charge in [0.1, 0.15) is 11.5 Å². The van der Waals surface area contributed by atoms with Crippen LogP contribution in [0.1, 0.15) is 21.0 Å². The second kappa shape index (κ2) is 8.60. The Morgan fingerprint density at radius 3 is 2.47 bits per heavy atom. The Labute approximate surface area is 180 Å². The number of methoxy groups -OCH3 is 2. The van der Waals surface area contributed by atoms with Crippen LogP contribution in [0.4, 0.5) is 0 Å². The van der Waals surface area contributed by atoms with Gasteiger partial charge in [-0.3, -0.25) is 25.2 Å². The van der Waals surface area contributed by atoms with Crippen LogP contribution in [0.5, 0.6) is 11.5 Å². The van der Waals surface area contributed by atoms with E-state index in [0.29, 0.717) is 27.8 Å². The van der Waals surface area contributed by atoms with E-state index in [1.807, 2.05) is 0 Å². The Morgan fingerprint density at radius 2 is 1.72 bits per heavy atom. The molecule has 2 heterocycles. The van der Waals surface area contributed by atoms with Gasteiger partial charge >= 0.3 is 0 Å². The Bertz CT molecular complexity index is 1380. The number of nitrogens with one attached hydrogen (secondary N) is 3. The van der Waals surface area contributed by atoms with Gasteiger partial charge in [0.25, 0.3) is 17.4 Å². The zero-order valence-electron chi connectivity index (χ0n) is 17.0. The first-order valence-corrected chi connectivity index (χ1v) is 9.29. The van der Waals surface area contributed by atoms with Crippen LogP contribution < -0.4 is 25.9 Å². The van der Waals surface area contributed by atoms with Crippen molar-refractivity contribution in [3.05, 3.63) is 70.3 Å². The molecule has 0 radical (unpaired) electrons. The molecule has 11 nitrogen and oxygen atoms in total. The molecule has 32 heavy (non-hydrogen) atoms. The lowest BCUT2D eigenvalue weighted by Gasteiger charge is -2.07. The normalized spacial score (nSPS) is 10.6. The second-order valence-electron chi connectivity index (χ2n) is 6.50. The van der Waals surface area contributed by atoms with Crippen molar-refractivity contribution in [2.24, 2.45) is 0 Å². The molecule has 4 rings (SSSR count). The predicted octanol–water partition coefficient (Wildman–Crippen LogP) is 1.67. The lowest BCUT2D eigenvalue weighted by Crippen LogP contribution is -2.42. The highest BCUT2D eigenvalue weighted by atomic mass is 16.5. The van der Waals surface area contributed by atoms with Gasteiger partial charge < -0.3 is 14.0 Å². The Morgan fingerprint density at radius 1 is 0.969 bits per heavy atom. The van der Waals surface area contributed by atoms with E-state index in [-0.39, 0.29) is 17.1 Å². The van der Waals surface area contributed by atoms with Gasteiger partial charge in [0, 0.05) is 11.5 Å². The summed E-state index contributed by atoms with van der Waals surface area (Å²) in [5.41, 5.74) is 4.47. The molecular formula is C21H17N5O6. The first kappa shape index (κ1) is 20.6. The average Bonchev–Trinajstić information content (AvgIpc) is 3.32. The summed E-state index contributed by atoms with van der Waals surface area (Å²) in [6, 6.07) is 13.0. The molecule has 162 valence electrons. The number of amides is 2. The van der Waals surface area contributed by atoms with E-state index in [1.54, 1.807) is 42.5 Å². The molecule has 11 heteroatoms. The van der Waals surface area contributed by atoms with Crippen molar-refractivity contribution in [1.29, 1.82) is 0 Å². The molecule has 2 aromatic carbocycles. The number of rotatable bonds is 5. The maximum Gasteiger partial charge on any atom is 0.291 e. The lowest BCUT2D eigenvalue weighted by molar-refractivity contribution is 0.0839. The van der Waals surface area contributed by atoms with E-state index >= 15 is 0 Å². The topological polar surface area (TPSA) is 148 Å². The van der Waals surface area contributed by atoms with Gasteiger partial charge in [-0.25, -0.2) is 5.10 Å². The Balaban J connectivity index is 1.51. The van der Waals surface area contributed by atoms with Crippen molar-refractivity contribution in [2.45, 2.75) is 0 Å². The maximum absolute atomic E-state index is 12.5. The van der Waals surface area contributed by atoms with Crippen LogP contribution in [0.25, 0.3) is 22.1 Å². The molecule has 4 aromatic rings. The number of carbonyl (C=O) groups is 2. The molecule has 0 saturated heterocycles. The smallest absolute Gasteiger partial charge is 0.291 e. The summed E-state index contributed by atoms with van der Waals surface area (Å²) in [5, 5.41) is 10.4. The van der Waals surface area contributed by atoms with E-state index in [9.17, 15) is 14.4 Å². The molecule has 0 saturated carbocycles. The molecule has 0 bridgehead atoms. The van der Waals surface area contributed by atoms with Gasteiger partial charge in [0.15, 0.2) is 17.1 Å². The van der Waals surface area contributed by atoms with Crippen molar-refractivity contribution in [3.8, 4) is 22.8 Å². The predicted molar refractivity (Wildman–Crippen MR) is 112 cm³/mol. The van der Waals surface area contributed by atoms with Crippen LogP contribution in [-0.4, -0.2) is 41.4 Å².